The average molecular weight is 205 g/mol. The van der Waals surface area contributed by atoms with Crippen molar-refractivity contribution in [2.24, 2.45) is 0 Å². The van der Waals surface area contributed by atoms with Gasteiger partial charge in [-0.2, -0.15) is 0 Å². The molecule has 0 atom stereocenters. The third kappa shape index (κ3) is 15.7. The Labute approximate surface area is 78.5 Å². The van der Waals surface area contributed by atoms with Crippen LogP contribution in [-0.4, -0.2) is 11.1 Å². The van der Waals surface area contributed by atoms with Gasteiger partial charge in [0.05, 0.1) is 0 Å². The van der Waals surface area contributed by atoms with Crippen molar-refractivity contribution in [1.82, 2.24) is 0 Å². The van der Waals surface area contributed by atoms with Crippen LogP contribution in [0.15, 0.2) is 0 Å². The minimum Gasteiger partial charge on any atom is -0.481 e. The van der Waals surface area contributed by atoms with Crippen LogP contribution in [0.2, 0.25) is 0 Å². The van der Waals surface area contributed by atoms with E-state index in [0.29, 0.717) is 6.42 Å². The van der Waals surface area contributed by atoms with Gasteiger partial charge >= 0.3 is 5.97 Å². The van der Waals surface area contributed by atoms with Gasteiger partial charge in [-0.15, -0.1) is 12.4 Å². The first-order chi connectivity index (χ1) is 3.77. The fraction of sp³-hybridized carbons (Fsp3) is 0.833. The maximum absolute atomic E-state index is 9.87. The molecule has 62 valence electrons. The van der Waals surface area contributed by atoms with E-state index in [2.05, 4.69) is 6.92 Å². The van der Waals surface area contributed by atoms with Crippen molar-refractivity contribution in [2.75, 3.05) is 0 Å². The number of unbranched alkanes of at least 4 members (excludes halogenated alkanes) is 2. The van der Waals surface area contributed by atoms with Crippen molar-refractivity contribution in [3.63, 3.8) is 0 Å². The monoisotopic (exact) mass is 204 g/mol. The first-order valence-corrected chi connectivity index (χ1v) is 2.99. The molecular weight excluding hydrogens is 192 g/mol. The SMILES string of the molecule is CCCCCC(=O)O.Cl.[Cr]. The zero-order valence-electron chi connectivity index (χ0n) is 6.00. The second kappa shape index (κ2) is 12.0. The molecule has 0 fully saturated rings. The molecule has 0 aromatic carbocycles. The van der Waals surface area contributed by atoms with E-state index in [1.807, 2.05) is 0 Å². The van der Waals surface area contributed by atoms with Crippen molar-refractivity contribution in [2.45, 2.75) is 32.6 Å². The summed E-state index contributed by atoms with van der Waals surface area (Å²) in [6.45, 7) is 2.06. The van der Waals surface area contributed by atoms with Crippen molar-refractivity contribution in [1.29, 1.82) is 0 Å². The summed E-state index contributed by atoms with van der Waals surface area (Å²) >= 11 is 0. The Morgan fingerprint density at radius 2 is 1.90 bits per heavy atom. The first-order valence-electron chi connectivity index (χ1n) is 2.99. The van der Waals surface area contributed by atoms with Crippen molar-refractivity contribution < 1.29 is 27.3 Å². The number of aliphatic carboxylic acids is 1. The smallest absolute Gasteiger partial charge is 0.303 e. The summed E-state index contributed by atoms with van der Waals surface area (Å²) in [4.78, 5) is 9.87. The number of carboxylic acids is 1. The summed E-state index contributed by atoms with van der Waals surface area (Å²) in [5, 5.41) is 8.14. The van der Waals surface area contributed by atoms with E-state index in [-0.39, 0.29) is 29.8 Å². The van der Waals surface area contributed by atoms with Gasteiger partial charge in [-0.3, -0.25) is 4.79 Å². The van der Waals surface area contributed by atoms with Crippen molar-refractivity contribution in [3.05, 3.63) is 0 Å². The Hall–Kier alpha value is 0.292. The van der Waals surface area contributed by atoms with Crippen LogP contribution in [0, 0.1) is 0 Å². The molecule has 0 amide bonds. The van der Waals surface area contributed by atoms with Crippen molar-refractivity contribution >= 4 is 18.4 Å². The molecule has 1 N–H and O–H groups in total. The molecule has 0 aliphatic rings. The zero-order valence-corrected chi connectivity index (χ0v) is 8.09. The Morgan fingerprint density at radius 3 is 2.20 bits per heavy atom. The molecule has 0 aromatic rings. The van der Waals surface area contributed by atoms with Crippen LogP contribution in [0.5, 0.6) is 0 Å². The predicted octanol–water partition coefficient (Wildman–Crippen LogP) is 2.07. The molecule has 2 nitrogen and oxygen atoms in total. The molecule has 4 heteroatoms. The zero-order chi connectivity index (χ0) is 6.41. The van der Waals surface area contributed by atoms with Crippen molar-refractivity contribution in [3.8, 4) is 0 Å². The first kappa shape index (κ1) is 16.7. The van der Waals surface area contributed by atoms with E-state index in [1.165, 1.54) is 0 Å². The second-order valence-electron chi connectivity index (χ2n) is 1.85. The minimum atomic E-state index is -0.682. The molecule has 0 radical (unpaired) electrons. The summed E-state index contributed by atoms with van der Waals surface area (Å²) in [6.07, 6.45) is 3.28. The van der Waals surface area contributed by atoms with E-state index in [1.54, 1.807) is 0 Å². The van der Waals surface area contributed by atoms with E-state index >= 15 is 0 Å². The van der Waals surface area contributed by atoms with Crippen LogP contribution in [0.4, 0.5) is 0 Å². The van der Waals surface area contributed by atoms with E-state index in [0.717, 1.165) is 19.3 Å². The van der Waals surface area contributed by atoms with Gasteiger partial charge in [0.25, 0.3) is 0 Å². The quantitative estimate of drug-likeness (QED) is 0.712. The van der Waals surface area contributed by atoms with Crippen LogP contribution in [0.1, 0.15) is 32.6 Å². The van der Waals surface area contributed by atoms with Gasteiger partial charge in [0.15, 0.2) is 0 Å². The number of carbonyl (C=O) groups is 1. The third-order valence-electron chi connectivity index (χ3n) is 0.994. The minimum absolute atomic E-state index is 0. The van der Waals surface area contributed by atoms with Gasteiger partial charge in [0.1, 0.15) is 0 Å². The van der Waals surface area contributed by atoms with Gasteiger partial charge in [-0.25, -0.2) is 0 Å². The summed E-state index contributed by atoms with van der Waals surface area (Å²) in [5.74, 6) is -0.682. The average Bonchev–Trinajstić information content (AvgIpc) is 1.66. The Balaban J connectivity index is -0.000000245. The second-order valence-corrected chi connectivity index (χ2v) is 1.85. The van der Waals surface area contributed by atoms with E-state index < -0.39 is 5.97 Å². The standard InChI is InChI=1S/C6H12O2.ClH.Cr/c1-2-3-4-5-6(7)8;;/h2-5H2,1H3,(H,7,8);1H;. The van der Waals surface area contributed by atoms with Gasteiger partial charge < -0.3 is 5.11 Å². The van der Waals surface area contributed by atoms with Crippen LogP contribution in [-0.2, 0) is 22.2 Å². The number of halogens is 1. The van der Waals surface area contributed by atoms with Crippen LogP contribution in [0.25, 0.3) is 0 Å². The number of hydrogen-bond acceptors (Lipinski definition) is 1. The fourth-order valence-electron chi connectivity index (χ4n) is 0.526. The maximum atomic E-state index is 9.87. The molecule has 0 aliphatic carbocycles. The van der Waals surface area contributed by atoms with Gasteiger partial charge in [-0.05, 0) is 6.42 Å². The summed E-state index contributed by atoms with van der Waals surface area (Å²) in [6, 6.07) is 0. The van der Waals surface area contributed by atoms with Crippen LogP contribution >= 0.6 is 12.4 Å². The normalized spacial score (nSPS) is 7.30. The number of carboxylic acid groups (broad SMARTS) is 1. The summed E-state index contributed by atoms with van der Waals surface area (Å²) < 4.78 is 0. The molecule has 0 spiro atoms. The van der Waals surface area contributed by atoms with E-state index in [4.69, 9.17) is 5.11 Å². The topological polar surface area (TPSA) is 37.3 Å². The fourth-order valence-corrected chi connectivity index (χ4v) is 0.526. The Kier molecular flexibility index (Phi) is 20.1. The summed E-state index contributed by atoms with van der Waals surface area (Å²) in [7, 11) is 0. The molecule has 0 aliphatic heterocycles. The molecule has 0 bridgehead atoms. The molecule has 0 unspecified atom stereocenters. The van der Waals surface area contributed by atoms with Gasteiger partial charge in [0.2, 0.25) is 0 Å². The molecule has 0 saturated heterocycles. The molecule has 0 heterocycles. The number of hydrogen-bond donors (Lipinski definition) is 1. The Morgan fingerprint density at radius 1 is 1.40 bits per heavy atom. The third-order valence-corrected chi connectivity index (χ3v) is 0.994. The molecule has 0 aromatic heterocycles. The molecule has 10 heavy (non-hydrogen) atoms. The van der Waals surface area contributed by atoms with Gasteiger partial charge in [-0.1, -0.05) is 19.8 Å². The molecule has 0 saturated carbocycles. The van der Waals surface area contributed by atoms with Crippen LogP contribution in [0.3, 0.4) is 0 Å². The maximum Gasteiger partial charge on any atom is 0.303 e. The van der Waals surface area contributed by atoms with Crippen LogP contribution < -0.4 is 0 Å². The number of rotatable bonds is 4. The molecule has 0 rings (SSSR count). The van der Waals surface area contributed by atoms with E-state index in [9.17, 15) is 4.79 Å². The van der Waals surface area contributed by atoms with Gasteiger partial charge in [0, 0.05) is 23.8 Å². The Bertz CT molecular complexity index is 78.1. The molecular formula is C6H13ClCrO2. The predicted molar refractivity (Wildman–Crippen MR) is 39.0 cm³/mol. The largest absolute Gasteiger partial charge is 0.481 e. The summed E-state index contributed by atoms with van der Waals surface area (Å²) in [5.41, 5.74) is 0.